The molecule has 0 heterocycles. The summed E-state index contributed by atoms with van der Waals surface area (Å²) in [5.41, 5.74) is 2.00. The fraction of sp³-hybridized carbons (Fsp3) is 0.526. The van der Waals surface area contributed by atoms with Crippen molar-refractivity contribution in [3.05, 3.63) is 41.5 Å². The highest BCUT2D eigenvalue weighted by Gasteiger charge is 2.37. The largest absolute Gasteiger partial charge is 0.478 e. The predicted molar refractivity (Wildman–Crippen MR) is 89.1 cm³/mol. The van der Waals surface area contributed by atoms with Crippen LogP contribution in [0.3, 0.4) is 0 Å². The highest BCUT2D eigenvalue weighted by atomic mass is 16.4. The number of aliphatic carboxylic acids is 1. The van der Waals surface area contributed by atoms with Crippen molar-refractivity contribution in [2.45, 2.75) is 54.4 Å². The monoisotopic (exact) mass is 288 g/mol. The van der Waals surface area contributed by atoms with Crippen LogP contribution in [0.1, 0.15) is 59.9 Å². The normalized spacial score (nSPS) is 12.1. The molecule has 0 radical (unpaired) electrons. The minimum Gasteiger partial charge on any atom is -0.478 e. The molecule has 21 heavy (non-hydrogen) atoms. The van der Waals surface area contributed by atoms with Gasteiger partial charge in [0.15, 0.2) is 0 Å². The first-order valence-electron chi connectivity index (χ1n) is 7.71. The first-order valence-corrected chi connectivity index (χ1v) is 7.71. The van der Waals surface area contributed by atoms with Gasteiger partial charge in [-0.25, -0.2) is 4.79 Å². The summed E-state index contributed by atoms with van der Waals surface area (Å²) in [6.45, 7) is 12.8. The average Bonchev–Trinajstić information content (AvgIpc) is 2.44. The van der Waals surface area contributed by atoms with Gasteiger partial charge in [0.2, 0.25) is 0 Å². The van der Waals surface area contributed by atoms with Crippen LogP contribution in [0, 0.1) is 10.8 Å². The second-order valence-electron chi connectivity index (χ2n) is 6.90. The Morgan fingerprint density at radius 3 is 1.71 bits per heavy atom. The number of hydrogen-bond donors (Lipinski definition) is 1. The molecule has 0 aliphatic rings. The number of rotatable bonds is 6. The molecule has 0 amide bonds. The molecule has 0 atom stereocenters. The molecular formula is C19H28O2. The maximum Gasteiger partial charge on any atom is 0.336 e. The van der Waals surface area contributed by atoms with Crippen molar-refractivity contribution in [1.29, 1.82) is 0 Å². The molecule has 1 aromatic carbocycles. The molecule has 1 aromatic rings. The van der Waals surface area contributed by atoms with Gasteiger partial charge in [0, 0.05) is 0 Å². The molecule has 2 heteroatoms. The van der Waals surface area contributed by atoms with E-state index in [1.165, 1.54) is 0 Å². The summed E-state index contributed by atoms with van der Waals surface area (Å²) >= 11 is 0. The molecule has 0 fully saturated rings. The molecular weight excluding hydrogens is 260 g/mol. The quantitative estimate of drug-likeness (QED) is 0.712. The Labute approximate surface area is 128 Å². The standard InChI is InChI=1S/C19H28O2/c1-7-18(3,4)16(19(5,6)8-2)15(17(20)21)14-12-10-9-11-13-14/h9-13H,7-8H2,1-6H3,(H,20,21). The molecule has 0 saturated heterocycles. The number of benzene rings is 1. The van der Waals surface area contributed by atoms with E-state index in [0.717, 1.165) is 24.0 Å². The van der Waals surface area contributed by atoms with Gasteiger partial charge >= 0.3 is 5.97 Å². The lowest BCUT2D eigenvalue weighted by Gasteiger charge is -2.39. The van der Waals surface area contributed by atoms with Crippen molar-refractivity contribution in [3.63, 3.8) is 0 Å². The van der Waals surface area contributed by atoms with E-state index in [1.54, 1.807) is 0 Å². The highest BCUT2D eigenvalue weighted by molar-refractivity contribution is 6.16. The maximum absolute atomic E-state index is 12.0. The van der Waals surface area contributed by atoms with Crippen LogP contribution in [-0.2, 0) is 4.79 Å². The van der Waals surface area contributed by atoms with E-state index in [-0.39, 0.29) is 10.8 Å². The Kier molecular flexibility index (Phi) is 5.38. The summed E-state index contributed by atoms with van der Waals surface area (Å²) in [5.74, 6) is -0.834. The zero-order chi connectivity index (χ0) is 16.3. The Hall–Kier alpha value is -1.57. The minimum atomic E-state index is -0.834. The number of carboxylic acids is 1. The number of carboxylic acid groups (broad SMARTS) is 1. The van der Waals surface area contributed by atoms with Gasteiger partial charge in [-0.3, -0.25) is 0 Å². The summed E-state index contributed by atoms with van der Waals surface area (Å²) in [6, 6.07) is 9.49. The second kappa shape index (κ2) is 6.46. The van der Waals surface area contributed by atoms with Crippen molar-refractivity contribution in [2.75, 3.05) is 0 Å². The number of hydrogen-bond acceptors (Lipinski definition) is 1. The summed E-state index contributed by atoms with van der Waals surface area (Å²) < 4.78 is 0. The number of allylic oxidation sites excluding steroid dienone is 1. The van der Waals surface area contributed by atoms with Gasteiger partial charge in [-0.1, -0.05) is 71.9 Å². The van der Waals surface area contributed by atoms with E-state index in [1.807, 2.05) is 30.3 Å². The minimum absolute atomic E-state index is 0.150. The lowest BCUT2D eigenvalue weighted by molar-refractivity contribution is -0.130. The molecule has 1 N–H and O–H groups in total. The first kappa shape index (κ1) is 17.5. The van der Waals surface area contributed by atoms with E-state index < -0.39 is 5.97 Å². The third-order valence-electron chi connectivity index (χ3n) is 4.65. The van der Waals surface area contributed by atoms with Crippen LogP contribution < -0.4 is 0 Å². The van der Waals surface area contributed by atoms with Gasteiger partial charge in [0.05, 0.1) is 5.57 Å². The molecule has 0 aromatic heterocycles. The third-order valence-corrected chi connectivity index (χ3v) is 4.65. The lowest BCUT2D eigenvalue weighted by Crippen LogP contribution is -2.29. The van der Waals surface area contributed by atoms with Crippen LogP contribution >= 0.6 is 0 Å². The van der Waals surface area contributed by atoms with Crippen LogP contribution in [0.15, 0.2) is 35.9 Å². The van der Waals surface area contributed by atoms with Gasteiger partial charge in [-0.15, -0.1) is 0 Å². The fourth-order valence-electron chi connectivity index (χ4n) is 2.93. The van der Waals surface area contributed by atoms with E-state index in [4.69, 9.17) is 0 Å². The molecule has 1 rings (SSSR count). The Morgan fingerprint density at radius 1 is 0.952 bits per heavy atom. The smallest absolute Gasteiger partial charge is 0.336 e. The Morgan fingerprint density at radius 2 is 1.38 bits per heavy atom. The van der Waals surface area contributed by atoms with Crippen LogP contribution in [0.5, 0.6) is 0 Å². The molecule has 0 unspecified atom stereocenters. The molecule has 2 nitrogen and oxygen atoms in total. The second-order valence-corrected chi connectivity index (χ2v) is 6.90. The van der Waals surface area contributed by atoms with E-state index in [0.29, 0.717) is 5.57 Å². The molecule has 0 spiro atoms. The summed E-state index contributed by atoms with van der Waals surface area (Å²) in [4.78, 5) is 12.0. The summed E-state index contributed by atoms with van der Waals surface area (Å²) in [7, 11) is 0. The summed E-state index contributed by atoms with van der Waals surface area (Å²) in [6.07, 6.45) is 1.82. The highest BCUT2D eigenvalue weighted by Crippen LogP contribution is 2.47. The van der Waals surface area contributed by atoms with Gasteiger partial charge < -0.3 is 5.11 Å². The van der Waals surface area contributed by atoms with Gasteiger partial charge in [0.25, 0.3) is 0 Å². The van der Waals surface area contributed by atoms with Crippen molar-refractivity contribution in [2.24, 2.45) is 10.8 Å². The SMILES string of the molecule is CCC(C)(C)C(=C(C(=O)O)c1ccccc1)C(C)(C)CC. The zero-order valence-electron chi connectivity index (χ0n) is 14.2. The molecule has 116 valence electrons. The zero-order valence-corrected chi connectivity index (χ0v) is 14.2. The Balaban J connectivity index is 3.75. The van der Waals surface area contributed by atoms with Crippen molar-refractivity contribution in [1.82, 2.24) is 0 Å². The maximum atomic E-state index is 12.0. The van der Waals surface area contributed by atoms with E-state index >= 15 is 0 Å². The van der Waals surface area contributed by atoms with Crippen LogP contribution in [0.25, 0.3) is 5.57 Å². The lowest BCUT2D eigenvalue weighted by atomic mass is 9.65. The number of carbonyl (C=O) groups is 1. The molecule has 0 aliphatic carbocycles. The summed E-state index contributed by atoms with van der Waals surface area (Å²) in [5, 5.41) is 9.86. The molecule has 0 bridgehead atoms. The predicted octanol–water partition coefficient (Wildman–Crippen LogP) is 5.40. The first-order chi connectivity index (χ1) is 9.67. The third kappa shape index (κ3) is 3.75. The topological polar surface area (TPSA) is 37.3 Å². The van der Waals surface area contributed by atoms with Crippen molar-refractivity contribution < 1.29 is 9.90 Å². The van der Waals surface area contributed by atoms with Gasteiger partial charge in [-0.05, 0) is 34.8 Å². The van der Waals surface area contributed by atoms with E-state index in [9.17, 15) is 9.90 Å². The molecule has 0 saturated carbocycles. The van der Waals surface area contributed by atoms with Crippen LogP contribution in [0.4, 0.5) is 0 Å². The molecule has 0 aliphatic heterocycles. The van der Waals surface area contributed by atoms with Crippen LogP contribution in [0.2, 0.25) is 0 Å². The average molecular weight is 288 g/mol. The Bertz CT molecular complexity index is 504. The van der Waals surface area contributed by atoms with Crippen molar-refractivity contribution >= 4 is 11.5 Å². The van der Waals surface area contributed by atoms with Crippen LogP contribution in [-0.4, -0.2) is 11.1 Å². The van der Waals surface area contributed by atoms with Gasteiger partial charge in [0.1, 0.15) is 0 Å². The van der Waals surface area contributed by atoms with Gasteiger partial charge in [-0.2, -0.15) is 0 Å². The van der Waals surface area contributed by atoms with Crippen molar-refractivity contribution in [3.8, 4) is 0 Å². The van der Waals surface area contributed by atoms with E-state index in [2.05, 4.69) is 41.5 Å². The fourth-order valence-corrected chi connectivity index (χ4v) is 2.93.